The zero-order chi connectivity index (χ0) is 13.9. The molecule has 2 aromatic rings. The second-order valence-corrected chi connectivity index (χ2v) is 7.80. The monoisotopic (exact) mass is 326 g/mol. The van der Waals surface area contributed by atoms with Gasteiger partial charge in [-0.2, -0.15) is 16.7 Å². The van der Waals surface area contributed by atoms with Crippen LogP contribution in [0, 0.1) is 0 Å². The lowest BCUT2D eigenvalue weighted by atomic mass is 10.1. The third-order valence-electron chi connectivity index (χ3n) is 3.21. The zero-order valence-electron chi connectivity index (χ0n) is 11.0. The van der Waals surface area contributed by atoms with Crippen LogP contribution in [-0.4, -0.2) is 26.9 Å². The first-order valence-electron chi connectivity index (χ1n) is 6.51. The molecule has 20 heavy (non-hydrogen) atoms. The molecule has 0 radical (unpaired) electrons. The van der Waals surface area contributed by atoms with E-state index >= 15 is 0 Å². The predicted molar refractivity (Wildman–Crippen MR) is 85.6 cm³/mol. The first-order chi connectivity index (χ1) is 9.75. The Morgan fingerprint density at radius 2 is 2.00 bits per heavy atom. The summed E-state index contributed by atoms with van der Waals surface area (Å²) in [6.07, 6.45) is 0. The molecule has 1 aromatic heterocycles. The molecule has 0 saturated carbocycles. The van der Waals surface area contributed by atoms with Crippen molar-refractivity contribution in [1.82, 2.24) is 10.1 Å². The fraction of sp³-hybridized carbons (Fsp3) is 0.429. The van der Waals surface area contributed by atoms with Crippen LogP contribution in [0.15, 0.2) is 34.9 Å². The number of hydrogen-bond acceptors (Lipinski definition) is 5. The fourth-order valence-corrected chi connectivity index (χ4v) is 5.06. The standard InChI is InChI=1S/C14H15ClN2OS2/c1-9-12(20-8-7-19-9)13-16-14(18-17-13)11(15)10-5-3-2-4-6-10/h2-6,9,11-12H,7-8H2,1H3. The van der Waals surface area contributed by atoms with Gasteiger partial charge in [0.2, 0.25) is 5.89 Å². The third kappa shape index (κ3) is 3.00. The van der Waals surface area contributed by atoms with Crippen molar-refractivity contribution in [3.05, 3.63) is 47.6 Å². The van der Waals surface area contributed by atoms with Gasteiger partial charge in [0.05, 0.1) is 5.25 Å². The summed E-state index contributed by atoms with van der Waals surface area (Å²) in [5.74, 6) is 3.57. The van der Waals surface area contributed by atoms with Crippen LogP contribution in [0.3, 0.4) is 0 Å². The van der Waals surface area contributed by atoms with Gasteiger partial charge in [-0.15, -0.1) is 23.4 Å². The summed E-state index contributed by atoms with van der Waals surface area (Å²) in [6.45, 7) is 2.22. The predicted octanol–water partition coefficient (Wildman–Crippen LogP) is 4.31. The number of halogens is 1. The van der Waals surface area contributed by atoms with Gasteiger partial charge in [0, 0.05) is 16.8 Å². The highest BCUT2D eigenvalue weighted by Crippen LogP contribution is 2.41. The highest BCUT2D eigenvalue weighted by atomic mass is 35.5. The van der Waals surface area contributed by atoms with E-state index in [2.05, 4.69) is 17.1 Å². The summed E-state index contributed by atoms with van der Waals surface area (Å²) in [5, 5.41) is 4.55. The van der Waals surface area contributed by atoms with E-state index in [-0.39, 0.29) is 5.38 Å². The Labute approximate surface area is 131 Å². The van der Waals surface area contributed by atoms with Crippen molar-refractivity contribution >= 4 is 35.1 Å². The number of benzene rings is 1. The summed E-state index contributed by atoms with van der Waals surface area (Å²) in [7, 11) is 0. The van der Waals surface area contributed by atoms with Gasteiger partial charge in [-0.3, -0.25) is 0 Å². The molecule has 0 N–H and O–H groups in total. The Bertz CT molecular complexity index is 563. The maximum atomic E-state index is 6.41. The molecule has 0 amide bonds. The maximum Gasteiger partial charge on any atom is 0.249 e. The molecular weight excluding hydrogens is 312 g/mol. The highest BCUT2D eigenvalue weighted by Gasteiger charge is 2.29. The number of thioether (sulfide) groups is 2. The van der Waals surface area contributed by atoms with E-state index in [1.165, 1.54) is 5.75 Å². The summed E-state index contributed by atoms with van der Waals surface area (Å²) in [6, 6.07) is 9.81. The SMILES string of the molecule is CC1SCCSC1c1noc(C(Cl)c2ccccc2)n1. The van der Waals surface area contributed by atoms with Crippen molar-refractivity contribution in [2.75, 3.05) is 11.5 Å². The van der Waals surface area contributed by atoms with Gasteiger partial charge in [0.25, 0.3) is 0 Å². The molecule has 3 atom stereocenters. The number of alkyl halides is 1. The summed E-state index contributed by atoms with van der Waals surface area (Å²) < 4.78 is 5.37. The minimum Gasteiger partial charge on any atom is -0.337 e. The maximum absolute atomic E-state index is 6.41. The van der Waals surface area contributed by atoms with Crippen LogP contribution < -0.4 is 0 Å². The third-order valence-corrected chi connectivity index (χ3v) is 6.73. The van der Waals surface area contributed by atoms with Crippen LogP contribution in [0.25, 0.3) is 0 Å². The van der Waals surface area contributed by atoms with Gasteiger partial charge in [-0.1, -0.05) is 42.4 Å². The molecule has 1 aliphatic heterocycles. The molecule has 1 aromatic carbocycles. The Morgan fingerprint density at radius 3 is 2.75 bits per heavy atom. The van der Waals surface area contributed by atoms with Gasteiger partial charge in [0.15, 0.2) is 5.82 Å². The van der Waals surface area contributed by atoms with Crippen LogP contribution in [0.1, 0.15) is 34.8 Å². The Hall–Kier alpha value is -0.650. The lowest BCUT2D eigenvalue weighted by Crippen LogP contribution is -2.16. The minimum absolute atomic E-state index is 0.297. The van der Waals surface area contributed by atoms with Crippen molar-refractivity contribution in [2.24, 2.45) is 0 Å². The molecule has 1 aliphatic rings. The summed E-state index contributed by atoms with van der Waals surface area (Å²) in [4.78, 5) is 4.52. The Balaban J connectivity index is 1.79. The molecule has 0 aliphatic carbocycles. The van der Waals surface area contributed by atoms with Crippen LogP contribution in [0.5, 0.6) is 0 Å². The largest absolute Gasteiger partial charge is 0.337 e. The lowest BCUT2D eigenvalue weighted by molar-refractivity contribution is 0.376. The Kier molecular flexibility index (Phi) is 4.58. The molecule has 0 bridgehead atoms. The smallest absolute Gasteiger partial charge is 0.249 e. The molecule has 2 heterocycles. The van der Waals surface area contributed by atoms with Crippen molar-refractivity contribution < 1.29 is 4.52 Å². The molecule has 1 fully saturated rings. The fourth-order valence-electron chi connectivity index (χ4n) is 2.15. The average molecular weight is 327 g/mol. The summed E-state index contributed by atoms with van der Waals surface area (Å²) >= 11 is 10.3. The highest BCUT2D eigenvalue weighted by molar-refractivity contribution is 8.06. The molecule has 0 spiro atoms. The van der Waals surface area contributed by atoms with E-state index < -0.39 is 0 Å². The van der Waals surface area contributed by atoms with E-state index in [1.54, 1.807) is 0 Å². The van der Waals surface area contributed by atoms with Crippen molar-refractivity contribution in [3.63, 3.8) is 0 Å². The van der Waals surface area contributed by atoms with E-state index in [1.807, 2.05) is 53.9 Å². The molecule has 6 heteroatoms. The van der Waals surface area contributed by atoms with Crippen molar-refractivity contribution in [3.8, 4) is 0 Å². The molecule has 1 saturated heterocycles. The first-order valence-corrected chi connectivity index (χ1v) is 9.05. The molecule has 3 nitrogen and oxygen atoms in total. The second kappa shape index (κ2) is 6.41. The summed E-state index contributed by atoms with van der Waals surface area (Å²) in [5.41, 5.74) is 0.975. The van der Waals surface area contributed by atoms with Gasteiger partial charge in [-0.25, -0.2) is 0 Å². The first kappa shape index (κ1) is 14.3. The van der Waals surface area contributed by atoms with E-state index in [9.17, 15) is 0 Å². The molecule has 3 unspecified atom stereocenters. The van der Waals surface area contributed by atoms with Gasteiger partial charge < -0.3 is 4.52 Å². The molecule has 3 rings (SSSR count). The van der Waals surface area contributed by atoms with Gasteiger partial charge in [-0.05, 0) is 5.56 Å². The number of aromatic nitrogens is 2. The van der Waals surface area contributed by atoms with E-state index in [0.29, 0.717) is 16.4 Å². The zero-order valence-corrected chi connectivity index (χ0v) is 13.4. The normalized spacial score (nSPS) is 24.5. The molecule has 106 valence electrons. The van der Waals surface area contributed by atoms with Crippen molar-refractivity contribution in [2.45, 2.75) is 22.8 Å². The lowest BCUT2D eigenvalue weighted by Gasteiger charge is -2.24. The van der Waals surface area contributed by atoms with Crippen LogP contribution >= 0.6 is 35.1 Å². The molecular formula is C14H15ClN2OS2. The topological polar surface area (TPSA) is 38.9 Å². The van der Waals surface area contributed by atoms with Crippen LogP contribution in [0.2, 0.25) is 0 Å². The average Bonchev–Trinajstić information content (AvgIpc) is 2.97. The van der Waals surface area contributed by atoms with Crippen molar-refractivity contribution in [1.29, 1.82) is 0 Å². The minimum atomic E-state index is -0.381. The van der Waals surface area contributed by atoms with Gasteiger partial charge in [0.1, 0.15) is 5.38 Å². The van der Waals surface area contributed by atoms with Gasteiger partial charge >= 0.3 is 0 Å². The number of nitrogens with zero attached hydrogens (tertiary/aromatic N) is 2. The second-order valence-electron chi connectivity index (χ2n) is 4.63. The van der Waals surface area contributed by atoms with E-state index in [4.69, 9.17) is 16.1 Å². The van der Waals surface area contributed by atoms with Crippen LogP contribution in [-0.2, 0) is 0 Å². The quantitative estimate of drug-likeness (QED) is 0.786. The van der Waals surface area contributed by atoms with Crippen LogP contribution in [0.4, 0.5) is 0 Å². The van der Waals surface area contributed by atoms with E-state index in [0.717, 1.165) is 17.1 Å². The Morgan fingerprint density at radius 1 is 1.25 bits per heavy atom. The number of rotatable bonds is 3. The number of hydrogen-bond donors (Lipinski definition) is 0.